The molecule has 3 aromatic carbocycles. The summed E-state index contributed by atoms with van der Waals surface area (Å²) in [6, 6.07) is 24.5. The van der Waals surface area contributed by atoms with Crippen molar-refractivity contribution in [1.82, 2.24) is 0 Å². The van der Waals surface area contributed by atoms with Crippen molar-refractivity contribution >= 4 is 5.97 Å². The molecule has 0 aliphatic rings. The molecule has 3 aromatic rings. The van der Waals surface area contributed by atoms with Gasteiger partial charge in [-0.25, -0.2) is 4.79 Å². The molecule has 0 bridgehead atoms. The van der Waals surface area contributed by atoms with Gasteiger partial charge in [0.05, 0.1) is 12.2 Å². The van der Waals surface area contributed by atoms with Crippen LogP contribution in [0.25, 0.3) is 11.1 Å². The third-order valence-corrected chi connectivity index (χ3v) is 5.09. The Morgan fingerprint density at radius 2 is 1.35 bits per heavy atom. The van der Waals surface area contributed by atoms with Gasteiger partial charge in [-0.15, -0.1) is 0 Å². The van der Waals surface area contributed by atoms with Crippen molar-refractivity contribution in [3.63, 3.8) is 0 Å². The fourth-order valence-electron chi connectivity index (χ4n) is 3.37. The summed E-state index contributed by atoms with van der Waals surface area (Å²) in [4.78, 5) is 12.6. The van der Waals surface area contributed by atoms with Crippen LogP contribution in [-0.2, 0) is 0 Å². The lowest BCUT2D eigenvalue weighted by atomic mass is 10.0. The second kappa shape index (κ2) is 12.6. The van der Waals surface area contributed by atoms with E-state index in [1.54, 1.807) is 24.3 Å². The highest BCUT2D eigenvalue weighted by molar-refractivity contribution is 5.92. The first-order chi connectivity index (χ1) is 15.3. The number of rotatable bonds is 12. The highest BCUT2D eigenvalue weighted by Crippen LogP contribution is 2.30. The van der Waals surface area contributed by atoms with Gasteiger partial charge < -0.3 is 14.6 Å². The standard InChI is InChI=1S/C27H30O4/c28-20-10-3-1-2-4-11-21-30-24-18-16-23(17-19-24)27(29)31-26-15-9-8-14-25(26)22-12-6-5-7-13-22/h5-9,12-19,28H,1-4,10-11,20-21H2. The molecular formula is C27H30O4. The molecule has 0 saturated carbocycles. The molecule has 0 unspecified atom stereocenters. The van der Waals surface area contributed by atoms with Gasteiger partial charge >= 0.3 is 5.97 Å². The number of carbonyl (C=O) groups is 1. The Morgan fingerprint density at radius 3 is 2.10 bits per heavy atom. The molecule has 3 rings (SSSR count). The number of carbonyl (C=O) groups excluding carboxylic acids is 1. The minimum absolute atomic E-state index is 0.284. The van der Waals surface area contributed by atoms with Gasteiger partial charge in [0.15, 0.2) is 0 Å². The summed E-state index contributed by atoms with van der Waals surface area (Å²) in [5, 5.41) is 8.77. The zero-order valence-electron chi connectivity index (χ0n) is 17.8. The van der Waals surface area contributed by atoms with Crippen LogP contribution in [0.1, 0.15) is 48.9 Å². The summed E-state index contributed by atoms with van der Waals surface area (Å²) in [6.07, 6.45) is 6.42. The maximum Gasteiger partial charge on any atom is 0.343 e. The lowest BCUT2D eigenvalue weighted by molar-refractivity contribution is 0.0735. The molecule has 0 saturated heterocycles. The second-order valence-electron chi connectivity index (χ2n) is 7.47. The highest BCUT2D eigenvalue weighted by atomic mass is 16.5. The minimum atomic E-state index is -0.391. The summed E-state index contributed by atoms with van der Waals surface area (Å²) in [6.45, 7) is 0.945. The summed E-state index contributed by atoms with van der Waals surface area (Å²) < 4.78 is 11.5. The van der Waals surface area contributed by atoms with E-state index in [0.717, 1.165) is 49.0 Å². The molecule has 0 amide bonds. The van der Waals surface area contributed by atoms with Crippen molar-refractivity contribution in [3.8, 4) is 22.6 Å². The Labute approximate surface area is 184 Å². The molecule has 0 radical (unpaired) electrons. The SMILES string of the molecule is O=C(Oc1ccccc1-c1ccccc1)c1ccc(OCCCCCCCCO)cc1. The van der Waals surface area contributed by atoms with E-state index in [1.165, 1.54) is 6.42 Å². The first kappa shape index (κ1) is 22.6. The third kappa shape index (κ3) is 7.26. The van der Waals surface area contributed by atoms with Crippen LogP contribution in [0.3, 0.4) is 0 Å². The Morgan fingerprint density at radius 1 is 0.710 bits per heavy atom. The lowest BCUT2D eigenvalue weighted by Gasteiger charge is -2.11. The molecule has 0 heterocycles. The van der Waals surface area contributed by atoms with Crippen molar-refractivity contribution < 1.29 is 19.4 Å². The van der Waals surface area contributed by atoms with Gasteiger partial charge in [-0.05, 0) is 48.7 Å². The largest absolute Gasteiger partial charge is 0.494 e. The van der Waals surface area contributed by atoms with Crippen LogP contribution < -0.4 is 9.47 Å². The normalized spacial score (nSPS) is 10.6. The quantitative estimate of drug-likeness (QED) is 0.213. The zero-order chi connectivity index (χ0) is 21.7. The van der Waals surface area contributed by atoms with Crippen molar-refractivity contribution in [1.29, 1.82) is 0 Å². The van der Waals surface area contributed by atoms with E-state index in [-0.39, 0.29) is 6.61 Å². The lowest BCUT2D eigenvalue weighted by Crippen LogP contribution is -2.09. The Hall–Kier alpha value is -3.11. The fourth-order valence-corrected chi connectivity index (χ4v) is 3.37. The Balaban J connectivity index is 1.49. The van der Waals surface area contributed by atoms with Crippen LogP contribution >= 0.6 is 0 Å². The van der Waals surface area contributed by atoms with Gasteiger partial charge in [0.1, 0.15) is 11.5 Å². The molecule has 1 N–H and O–H groups in total. The van der Waals surface area contributed by atoms with Crippen molar-refractivity contribution in [2.45, 2.75) is 38.5 Å². The minimum Gasteiger partial charge on any atom is -0.494 e. The molecule has 0 fully saturated rings. The number of hydrogen-bond acceptors (Lipinski definition) is 4. The Kier molecular flexibility index (Phi) is 9.14. The maximum absolute atomic E-state index is 12.6. The second-order valence-corrected chi connectivity index (χ2v) is 7.47. The van der Waals surface area contributed by atoms with Crippen LogP contribution in [0.15, 0.2) is 78.9 Å². The molecule has 4 nitrogen and oxygen atoms in total. The molecule has 0 aliphatic carbocycles. The average Bonchev–Trinajstić information content (AvgIpc) is 2.82. The van der Waals surface area contributed by atoms with Crippen LogP contribution in [0, 0.1) is 0 Å². The van der Waals surface area contributed by atoms with Gasteiger partial charge in [0, 0.05) is 12.2 Å². The molecule has 0 atom stereocenters. The number of aliphatic hydroxyl groups excluding tert-OH is 1. The van der Waals surface area contributed by atoms with Crippen molar-refractivity contribution in [2.24, 2.45) is 0 Å². The smallest absolute Gasteiger partial charge is 0.343 e. The summed E-state index contributed by atoms with van der Waals surface area (Å²) >= 11 is 0. The molecule has 162 valence electrons. The molecule has 0 aromatic heterocycles. The fraction of sp³-hybridized carbons (Fsp3) is 0.296. The van der Waals surface area contributed by atoms with Gasteiger partial charge in [-0.2, -0.15) is 0 Å². The van der Waals surface area contributed by atoms with Gasteiger partial charge in [0.25, 0.3) is 0 Å². The van der Waals surface area contributed by atoms with Gasteiger partial charge in [-0.1, -0.05) is 74.2 Å². The Bertz CT molecular complexity index is 919. The molecule has 4 heteroatoms. The molecule has 0 spiro atoms. The predicted molar refractivity (Wildman–Crippen MR) is 124 cm³/mol. The topological polar surface area (TPSA) is 55.8 Å². The number of unbranched alkanes of at least 4 members (excludes halogenated alkanes) is 5. The van der Waals surface area contributed by atoms with Crippen LogP contribution in [0.5, 0.6) is 11.5 Å². The van der Waals surface area contributed by atoms with Gasteiger partial charge in [0.2, 0.25) is 0 Å². The summed E-state index contributed by atoms with van der Waals surface area (Å²) in [5.74, 6) is 0.900. The summed E-state index contributed by atoms with van der Waals surface area (Å²) in [5.41, 5.74) is 2.37. The number of para-hydroxylation sites is 1. The molecule has 0 aliphatic heterocycles. The van der Waals surface area contributed by atoms with Crippen molar-refractivity contribution in [2.75, 3.05) is 13.2 Å². The average molecular weight is 419 g/mol. The highest BCUT2D eigenvalue weighted by Gasteiger charge is 2.12. The van der Waals surface area contributed by atoms with E-state index < -0.39 is 5.97 Å². The molecular weight excluding hydrogens is 388 g/mol. The summed E-state index contributed by atoms with van der Waals surface area (Å²) in [7, 11) is 0. The van der Waals surface area contributed by atoms with Crippen LogP contribution in [-0.4, -0.2) is 24.3 Å². The third-order valence-electron chi connectivity index (χ3n) is 5.09. The van der Waals surface area contributed by atoms with E-state index in [1.807, 2.05) is 54.6 Å². The number of aliphatic hydroxyl groups is 1. The van der Waals surface area contributed by atoms with E-state index in [2.05, 4.69) is 0 Å². The first-order valence-electron chi connectivity index (χ1n) is 11.0. The first-order valence-corrected chi connectivity index (χ1v) is 11.0. The van der Waals surface area contributed by atoms with Crippen LogP contribution in [0.4, 0.5) is 0 Å². The van der Waals surface area contributed by atoms with E-state index >= 15 is 0 Å². The maximum atomic E-state index is 12.6. The number of benzene rings is 3. The van der Waals surface area contributed by atoms with Crippen molar-refractivity contribution in [3.05, 3.63) is 84.4 Å². The van der Waals surface area contributed by atoms with Crippen LogP contribution in [0.2, 0.25) is 0 Å². The number of hydrogen-bond donors (Lipinski definition) is 1. The monoisotopic (exact) mass is 418 g/mol. The van der Waals surface area contributed by atoms with E-state index in [4.69, 9.17) is 14.6 Å². The van der Waals surface area contributed by atoms with Gasteiger partial charge in [-0.3, -0.25) is 0 Å². The predicted octanol–water partition coefficient (Wildman–Crippen LogP) is 6.28. The van der Waals surface area contributed by atoms with E-state index in [0.29, 0.717) is 17.9 Å². The number of ether oxygens (including phenoxy) is 2. The zero-order valence-corrected chi connectivity index (χ0v) is 17.8. The van der Waals surface area contributed by atoms with E-state index in [9.17, 15) is 4.79 Å². The number of esters is 1. The molecule has 31 heavy (non-hydrogen) atoms.